The molecule has 0 spiro atoms. The van der Waals surface area contributed by atoms with Gasteiger partial charge in [-0.05, 0) is 71.8 Å². The quantitative estimate of drug-likeness (QED) is 0.420. The van der Waals surface area contributed by atoms with Crippen LogP contribution < -0.4 is 14.8 Å². The number of anilines is 1. The molecule has 0 saturated carbocycles. The number of methoxy groups -OCH3 is 1. The van der Waals surface area contributed by atoms with Crippen LogP contribution in [-0.2, 0) is 14.4 Å². The lowest BCUT2D eigenvalue weighted by Gasteiger charge is -2.31. The average Bonchev–Trinajstić information content (AvgIpc) is 3.19. The Labute approximate surface area is 238 Å². The number of thioether (sulfide) groups is 1. The average molecular weight is 566 g/mol. The topological polar surface area (TPSA) is 105 Å². The van der Waals surface area contributed by atoms with Gasteiger partial charge in [0.1, 0.15) is 6.54 Å². The van der Waals surface area contributed by atoms with Crippen LogP contribution >= 0.6 is 11.8 Å². The molecule has 2 aromatic carbocycles. The molecule has 212 valence electrons. The zero-order chi connectivity index (χ0) is 28.8. The van der Waals surface area contributed by atoms with Gasteiger partial charge in [0.05, 0.1) is 12.0 Å². The summed E-state index contributed by atoms with van der Waals surface area (Å²) in [6.45, 7) is 7.09. The minimum absolute atomic E-state index is 0.213. The minimum Gasteiger partial charge on any atom is -0.493 e. The van der Waals surface area contributed by atoms with Gasteiger partial charge in [-0.3, -0.25) is 24.1 Å². The number of hydrogen-bond acceptors (Lipinski definition) is 7. The van der Waals surface area contributed by atoms with Gasteiger partial charge >= 0.3 is 0 Å². The number of imide groups is 1. The summed E-state index contributed by atoms with van der Waals surface area (Å²) in [5, 5.41) is 2.42. The highest BCUT2D eigenvalue weighted by atomic mass is 32.2. The van der Waals surface area contributed by atoms with Crippen molar-refractivity contribution in [2.75, 3.05) is 38.7 Å². The van der Waals surface area contributed by atoms with Crippen molar-refractivity contribution < 1.29 is 28.7 Å². The molecule has 2 heterocycles. The molecule has 1 N–H and O–H groups in total. The number of nitrogens with one attached hydrogen (secondary N) is 1. The highest BCUT2D eigenvalue weighted by molar-refractivity contribution is 8.18. The lowest BCUT2D eigenvalue weighted by molar-refractivity contribution is -0.136. The van der Waals surface area contributed by atoms with Crippen LogP contribution in [0.3, 0.4) is 0 Å². The number of piperidine rings is 1. The second-order valence-electron chi connectivity index (χ2n) is 10.3. The Balaban J connectivity index is 1.38. The maximum absolute atomic E-state index is 13.0. The second kappa shape index (κ2) is 13.0. The summed E-state index contributed by atoms with van der Waals surface area (Å²) in [7, 11) is 1.48. The molecule has 0 atom stereocenters. The van der Waals surface area contributed by atoms with E-state index in [1.165, 1.54) is 7.11 Å². The van der Waals surface area contributed by atoms with Crippen LogP contribution in [0.5, 0.6) is 11.5 Å². The first kappa shape index (κ1) is 29.2. The molecule has 4 amide bonds. The molecular weight excluding hydrogens is 530 g/mol. The Bertz CT molecular complexity index is 1320. The van der Waals surface area contributed by atoms with Crippen molar-refractivity contribution in [1.82, 2.24) is 9.80 Å². The van der Waals surface area contributed by atoms with Crippen LogP contribution in [0.2, 0.25) is 0 Å². The number of para-hydroxylation sites is 1. The minimum atomic E-state index is -0.494. The van der Waals surface area contributed by atoms with Crippen LogP contribution in [-0.4, -0.2) is 66.1 Å². The van der Waals surface area contributed by atoms with E-state index in [1.54, 1.807) is 29.2 Å². The standard InChI is InChI=1S/C30H35N3O6S/c1-19(2)22-7-5-6-8-23(22)31-27(34)18-39-24-10-9-21(15-25(24)38-4)16-26-29(36)33(30(37)40-26)17-28(35)32-13-11-20(3)12-14-32/h5-10,15-16,19-20H,11-14,17-18H2,1-4H3,(H,31,34)/b26-16-. The predicted octanol–water partition coefficient (Wildman–Crippen LogP) is 5.13. The SMILES string of the molecule is COc1cc(/C=C2\SC(=O)N(CC(=O)N3CCC(C)CC3)C2=O)ccc1OCC(=O)Nc1ccccc1C(C)C. The molecule has 9 nitrogen and oxygen atoms in total. The van der Waals surface area contributed by atoms with Crippen molar-refractivity contribution in [3.8, 4) is 11.5 Å². The van der Waals surface area contributed by atoms with Gasteiger partial charge < -0.3 is 19.7 Å². The summed E-state index contributed by atoms with van der Waals surface area (Å²) in [5.41, 5.74) is 2.39. The second-order valence-corrected chi connectivity index (χ2v) is 11.3. The molecule has 2 fully saturated rings. The first-order valence-electron chi connectivity index (χ1n) is 13.4. The molecule has 0 radical (unpaired) electrons. The fourth-order valence-electron chi connectivity index (χ4n) is 4.62. The van der Waals surface area contributed by atoms with E-state index < -0.39 is 11.1 Å². The van der Waals surface area contributed by atoms with Crippen LogP contribution in [0.25, 0.3) is 6.08 Å². The van der Waals surface area contributed by atoms with Gasteiger partial charge in [0.25, 0.3) is 17.1 Å². The van der Waals surface area contributed by atoms with E-state index in [0.717, 1.165) is 40.8 Å². The van der Waals surface area contributed by atoms with E-state index in [-0.39, 0.29) is 35.8 Å². The van der Waals surface area contributed by atoms with Crippen molar-refractivity contribution in [3.05, 3.63) is 58.5 Å². The van der Waals surface area contributed by atoms with E-state index in [9.17, 15) is 19.2 Å². The number of hydrogen-bond donors (Lipinski definition) is 1. The highest BCUT2D eigenvalue weighted by Gasteiger charge is 2.37. The van der Waals surface area contributed by atoms with Gasteiger partial charge in [-0.25, -0.2) is 0 Å². The summed E-state index contributed by atoms with van der Waals surface area (Å²) in [5.74, 6) is 0.551. The largest absolute Gasteiger partial charge is 0.493 e. The monoisotopic (exact) mass is 565 g/mol. The third-order valence-corrected chi connectivity index (χ3v) is 7.91. The summed E-state index contributed by atoms with van der Waals surface area (Å²) in [6.07, 6.45) is 3.43. The first-order valence-corrected chi connectivity index (χ1v) is 14.2. The van der Waals surface area contributed by atoms with E-state index in [4.69, 9.17) is 9.47 Å². The van der Waals surface area contributed by atoms with Crippen LogP contribution in [0, 0.1) is 5.92 Å². The molecule has 2 aliphatic rings. The fourth-order valence-corrected chi connectivity index (χ4v) is 5.46. The fraction of sp³-hybridized carbons (Fsp3) is 0.400. The number of ether oxygens (including phenoxy) is 2. The number of carbonyl (C=O) groups excluding carboxylic acids is 4. The molecular formula is C30H35N3O6S. The molecule has 0 bridgehead atoms. The van der Waals surface area contributed by atoms with Crippen molar-refractivity contribution >= 4 is 46.5 Å². The van der Waals surface area contributed by atoms with Gasteiger partial charge in [0.15, 0.2) is 18.1 Å². The molecule has 2 aliphatic heterocycles. The predicted molar refractivity (Wildman–Crippen MR) is 155 cm³/mol. The molecule has 0 aliphatic carbocycles. The number of likely N-dealkylation sites (tertiary alicyclic amines) is 1. The van der Waals surface area contributed by atoms with Crippen LogP contribution in [0.15, 0.2) is 47.4 Å². The normalized spacial score (nSPS) is 17.1. The lowest BCUT2D eigenvalue weighted by atomic mass is 9.99. The van der Waals surface area contributed by atoms with Crippen LogP contribution in [0.1, 0.15) is 50.7 Å². The van der Waals surface area contributed by atoms with Crippen molar-refractivity contribution in [1.29, 1.82) is 0 Å². The van der Waals surface area contributed by atoms with Crippen molar-refractivity contribution in [2.24, 2.45) is 5.92 Å². The maximum atomic E-state index is 13.0. The van der Waals surface area contributed by atoms with Gasteiger partial charge in [0.2, 0.25) is 5.91 Å². The summed E-state index contributed by atoms with van der Waals surface area (Å²) in [6, 6.07) is 12.6. The maximum Gasteiger partial charge on any atom is 0.294 e. The number of carbonyl (C=O) groups is 4. The molecule has 0 aromatic heterocycles. The molecule has 2 aromatic rings. The number of rotatable bonds is 9. The third kappa shape index (κ3) is 7.04. The Kier molecular flexibility index (Phi) is 9.52. The van der Waals surface area contributed by atoms with Crippen molar-refractivity contribution in [3.63, 3.8) is 0 Å². The van der Waals surface area contributed by atoms with E-state index in [1.807, 2.05) is 24.3 Å². The van der Waals surface area contributed by atoms with E-state index in [2.05, 4.69) is 26.1 Å². The molecule has 2 saturated heterocycles. The Morgan fingerprint density at radius 2 is 1.82 bits per heavy atom. The van der Waals surface area contributed by atoms with Gasteiger partial charge in [-0.1, -0.05) is 45.0 Å². The number of benzene rings is 2. The van der Waals surface area contributed by atoms with Gasteiger partial charge in [-0.2, -0.15) is 0 Å². The first-order chi connectivity index (χ1) is 19.2. The summed E-state index contributed by atoms with van der Waals surface area (Å²) in [4.78, 5) is 53.7. The lowest BCUT2D eigenvalue weighted by Crippen LogP contribution is -2.45. The van der Waals surface area contributed by atoms with E-state index in [0.29, 0.717) is 36.1 Å². The third-order valence-electron chi connectivity index (χ3n) is 7.00. The highest BCUT2D eigenvalue weighted by Crippen LogP contribution is 2.35. The summed E-state index contributed by atoms with van der Waals surface area (Å²) >= 11 is 0.804. The van der Waals surface area contributed by atoms with Gasteiger partial charge in [-0.15, -0.1) is 0 Å². The zero-order valence-corrected chi connectivity index (χ0v) is 24.1. The Morgan fingerprint density at radius 1 is 1.10 bits per heavy atom. The van der Waals surface area contributed by atoms with Crippen molar-refractivity contribution in [2.45, 2.75) is 39.5 Å². The molecule has 0 unspecified atom stereocenters. The Hall–Kier alpha value is -3.79. The molecule has 10 heteroatoms. The van der Waals surface area contributed by atoms with E-state index >= 15 is 0 Å². The molecule has 4 rings (SSSR count). The molecule has 40 heavy (non-hydrogen) atoms. The smallest absolute Gasteiger partial charge is 0.294 e. The zero-order valence-electron chi connectivity index (χ0n) is 23.3. The summed E-state index contributed by atoms with van der Waals surface area (Å²) < 4.78 is 11.2. The number of amides is 4. The van der Waals surface area contributed by atoms with Crippen LogP contribution in [0.4, 0.5) is 10.5 Å². The van der Waals surface area contributed by atoms with Gasteiger partial charge in [0, 0.05) is 18.8 Å². The Morgan fingerprint density at radius 3 is 2.52 bits per heavy atom. The number of nitrogens with zero attached hydrogens (tertiary/aromatic N) is 2.